The zero-order valence-electron chi connectivity index (χ0n) is 10.9. The van der Waals surface area contributed by atoms with Gasteiger partial charge in [0.15, 0.2) is 0 Å². The van der Waals surface area contributed by atoms with Crippen molar-refractivity contribution in [3.8, 4) is 0 Å². The monoisotopic (exact) mass is 279 g/mol. The third-order valence-electron chi connectivity index (χ3n) is 2.72. The van der Waals surface area contributed by atoms with Crippen LogP contribution in [0.1, 0.15) is 24.8 Å². The van der Waals surface area contributed by atoms with Crippen molar-refractivity contribution in [2.75, 3.05) is 0 Å². The molecule has 6 nitrogen and oxygen atoms in total. The number of amides is 1. The molecule has 0 fully saturated rings. The first-order valence-corrected chi connectivity index (χ1v) is 6.27. The average molecular weight is 279 g/mol. The Labute approximate surface area is 116 Å². The highest BCUT2D eigenvalue weighted by molar-refractivity contribution is 5.84. The summed E-state index contributed by atoms with van der Waals surface area (Å²) in [6.45, 7) is 0. The Morgan fingerprint density at radius 3 is 2.30 bits per heavy atom. The van der Waals surface area contributed by atoms with Crippen molar-refractivity contribution in [1.29, 1.82) is 0 Å². The van der Waals surface area contributed by atoms with Gasteiger partial charge in [0, 0.05) is 6.42 Å². The first-order chi connectivity index (χ1) is 9.49. The molecule has 0 aliphatic heterocycles. The minimum Gasteiger partial charge on any atom is -0.481 e. The van der Waals surface area contributed by atoms with Gasteiger partial charge < -0.3 is 15.5 Å². The molecule has 0 heterocycles. The lowest BCUT2D eigenvalue weighted by Crippen LogP contribution is -2.41. The second-order valence-corrected chi connectivity index (χ2v) is 4.41. The van der Waals surface area contributed by atoms with Crippen molar-refractivity contribution in [3.05, 3.63) is 35.9 Å². The molecule has 1 aromatic rings. The van der Waals surface area contributed by atoms with Crippen LogP contribution in [0, 0.1) is 0 Å². The molecule has 0 saturated heterocycles. The van der Waals surface area contributed by atoms with Crippen LogP contribution in [-0.4, -0.2) is 34.1 Å². The molecule has 0 aliphatic rings. The van der Waals surface area contributed by atoms with Crippen LogP contribution in [0.4, 0.5) is 0 Å². The number of carboxylic acid groups (broad SMARTS) is 2. The minimum absolute atomic E-state index is 0.0994. The number of aliphatic carboxylic acids is 2. The molecule has 1 unspecified atom stereocenters. The lowest BCUT2D eigenvalue weighted by Gasteiger charge is -2.14. The quantitative estimate of drug-likeness (QED) is 0.660. The van der Waals surface area contributed by atoms with Crippen molar-refractivity contribution in [2.45, 2.75) is 31.7 Å². The van der Waals surface area contributed by atoms with E-state index in [4.69, 9.17) is 10.2 Å². The summed E-state index contributed by atoms with van der Waals surface area (Å²) in [7, 11) is 0. The lowest BCUT2D eigenvalue weighted by molar-refractivity contribution is -0.142. The lowest BCUT2D eigenvalue weighted by atomic mass is 10.1. The normalized spacial score (nSPS) is 11.6. The number of carbonyl (C=O) groups excluding carboxylic acids is 1. The summed E-state index contributed by atoms with van der Waals surface area (Å²) >= 11 is 0. The number of hydrogen-bond donors (Lipinski definition) is 3. The van der Waals surface area contributed by atoms with Crippen molar-refractivity contribution < 1.29 is 24.6 Å². The summed E-state index contributed by atoms with van der Waals surface area (Å²) in [6, 6.07) is 7.92. The molecule has 0 aromatic heterocycles. The number of carbonyl (C=O) groups is 3. The maximum absolute atomic E-state index is 11.7. The van der Waals surface area contributed by atoms with Gasteiger partial charge in [0.25, 0.3) is 0 Å². The van der Waals surface area contributed by atoms with E-state index in [1.165, 1.54) is 0 Å². The molecular formula is C14H17NO5. The van der Waals surface area contributed by atoms with Gasteiger partial charge >= 0.3 is 11.9 Å². The molecule has 0 spiro atoms. The molecule has 1 atom stereocenters. The van der Waals surface area contributed by atoms with E-state index in [0.717, 1.165) is 5.56 Å². The zero-order valence-corrected chi connectivity index (χ0v) is 10.9. The minimum atomic E-state index is -1.16. The van der Waals surface area contributed by atoms with E-state index in [-0.39, 0.29) is 31.6 Å². The van der Waals surface area contributed by atoms with E-state index in [0.29, 0.717) is 0 Å². The largest absolute Gasteiger partial charge is 0.481 e. The molecule has 20 heavy (non-hydrogen) atoms. The number of hydrogen-bond acceptors (Lipinski definition) is 3. The van der Waals surface area contributed by atoms with E-state index in [9.17, 15) is 14.4 Å². The summed E-state index contributed by atoms with van der Waals surface area (Å²) in [5, 5.41) is 19.9. The van der Waals surface area contributed by atoms with Gasteiger partial charge in [-0.1, -0.05) is 30.3 Å². The highest BCUT2D eigenvalue weighted by Crippen LogP contribution is 2.04. The molecule has 108 valence electrons. The SMILES string of the molecule is O=C(O)CCCC(NC(=O)Cc1ccccc1)C(=O)O. The number of benzene rings is 1. The fourth-order valence-electron chi connectivity index (χ4n) is 1.74. The second kappa shape index (κ2) is 7.93. The van der Waals surface area contributed by atoms with Crippen molar-refractivity contribution in [1.82, 2.24) is 5.32 Å². The Morgan fingerprint density at radius 1 is 1.10 bits per heavy atom. The van der Waals surface area contributed by atoms with Gasteiger partial charge in [0.05, 0.1) is 6.42 Å². The van der Waals surface area contributed by atoms with Crippen molar-refractivity contribution in [2.24, 2.45) is 0 Å². The Kier molecular flexibility index (Phi) is 6.22. The second-order valence-electron chi connectivity index (χ2n) is 4.41. The summed E-state index contributed by atoms with van der Waals surface area (Å²) in [5.74, 6) is -2.53. The van der Waals surface area contributed by atoms with Gasteiger partial charge in [-0.2, -0.15) is 0 Å². The van der Waals surface area contributed by atoms with Crippen LogP contribution in [0.5, 0.6) is 0 Å². The smallest absolute Gasteiger partial charge is 0.326 e. The number of nitrogens with one attached hydrogen (secondary N) is 1. The maximum atomic E-state index is 11.7. The summed E-state index contributed by atoms with van der Waals surface area (Å²) < 4.78 is 0. The first-order valence-electron chi connectivity index (χ1n) is 6.27. The maximum Gasteiger partial charge on any atom is 0.326 e. The topological polar surface area (TPSA) is 104 Å². The molecule has 0 bridgehead atoms. The fourth-order valence-corrected chi connectivity index (χ4v) is 1.74. The van der Waals surface area contributed by atoms with Crippen LogP contribution in [0.2, 0.25) is 0 Å². The molecule has 3 N–H and O–H groups in total. The summed E-state index contributed by atoms with van der Waals surface area (Å²) in [4.78, 5) is 33.1. The number of carboxylic acids is 2. The molecule has 6 heteroatoms. The van der Waals surface area contributed by atoms with Crippen molar-refractivity contribution >= 4 is 17.8 Å². The molecule has 0 aliphatic carbocycles. The van der Waals surface area contributed by atoms with Gasteiger partial charge in [-0.15, -0.1) is 0 Å². The van der Waals surface area contributed by atoms with Crippen LogP contribution in [0.3, 0.4) is 0 Å². The van der Waals surface area contributed by atoms with Crippen molar-refractivity contribution in [3.63, 3.8) is 0 Å². The highest BCUT2D eigenvalue weighted by atomic mass is 16.4. The van der Waals surface area contributed by atoms with Gasteiger partial charge in [-0.3, -0.25) is 9.59 Å². The Morgan fingerprint density at radius 2 is 1.75 bits per heavy atom. The van der Waals surface area contributed by atoms with E-state index in [2.05, 4.69) is 5.32 Å². The number of rotatable bonds is 8. The molecule has 1 amide bonds. The average Bonchev–Trinajstić information content (AvgIpc) is 2.38. The van der Waals surface area contributed by atoms with Crippen LogP contribution in [-0.2, 0) is 20.8 Å². The summed E-state index contributed by atoms with van der Waals surface area (Å²) in [5.41, 5.74) is 0.791. The van der Waals surface area contributed by atoms with Crippen LogP contribution in [0.25, 0.3) is 0 Å². The predicted octanol–water partition coefficient (Wildman–Crippen LogP) is 1.05. The van der Waals surface area contributed by atoms with E-state index >= 15 is 0 Å². The Balaban J connectivity index is 2.46. The van der Waals surface area contributed by atoms with Gasteiger partial charge in [-0.05, 0) is 18.4 Å². The predicted molar refractivity (Wildman–Crippen MR) is 71.2 cm³/mol. The summed E-state index contributed by atoms with van der Waals surface area (Å²) in [6.07, 6.45) is 0.294. The van der Waals surface area contributed by atoms with Crippen LogP contribution < -0.4 is 5.32 Å². The van der Waals surface area contributed by atoms with Gasteiger partial charge in [-0.25, -0.2) is 4.79 Å². The molecule has 0 radical (unpaired) electrons. The zero-order chi connectivity index (χ0) is 15.0. The Hall–Kier alpha value is -2.37. The first kappa shape index (κ1) is 15.7. The molecular weight excluding hydrogens is 262 g/mol. The molecule has 1 aromatic carbocycles. The standard InChI is InChI=1S/C14H17NO5/c16-12(9-10-5-2-1-3-6-10)15-11(14(19)20)7-4-8-13(17)18/h1-3,5-6,11H,4,7-9H2,(H,15,16)(H,17,18)(H,19,20). The third kappa shape index (κ3) is 5.99. The fraction of sp³-hybridized carbons (Fsp3) is 0.357. The third-order valence-corrected chi connectivity index (χ3v) is 2.72. The van der Waals surface area contributed by atoms with Gasteiger partial charge in [0.2, 0.25) is 5.91 Å². The molecule has 0 saturated carbocycles. The van der Waals surface area contributed by atoms with E-state index in [1.807, 2.05) is 6.07 Å². The van der Waals surface area contributed by atoms with Crippen LogP contribution >= 0.6 is 0 Å². The highest BCUT2D eigenvalue weighted by Gasteiger charge is 2.19. The van der Waals surface area contributed by atoms with Gasteiger partial charge in [0.1, 0.15) is 6.04 Å². The molecule has 1 rings (SSSR count). The van der Waals surface area contributed by atoms with E-state index < -0.39 is 18.0 Å². The van der Waals surface area contributed by atoms with E-state index in [1.54, 1.807) is 24.3 Å². The van der Waals surface area contributed by atoms with Crippen LogP contribution in [0.15, 0.2) is 30.3 Å². The Bertz CT molecular complexity index is 472.